The summed E-state index contributed by atoms with van der Waals surface area (Å²) in [5, 5.41) is 9.46. The van der Waals surface area contributed by atoms with Gasteiger partial charge in [-0.2, -0.15) is 23.0 Å². The fraction of sp³-hybridized carbons (Fsp3) is 0.136. The highest BCUT2D eigenvalue weighted by atomic mass is 32.1. The van der Waals surface area contributed by atoms with Crippen molar-refractivity contribution in [3.05, 3.63) is 70.7 Å². The van der Waals surface area contributed by atoms with Crippen LogP contribution in [0.15, 0.2) is 53.9 Å². The Bertz CT molecular complexity index is 1350. The molecule has 0 spiro atoms. The van der Waals surface area contributed by atoms with Gasteiger partial charge in [0.2, 0.25) is 11.9 Å². The predicted octanol–water partition coefficient (Wildman–Crippen LogP) is 5.30. The summed E-state index contributed by atoms with van der Waals surface area (Å²) >= 11 is 1.33. The van der Waals surface area contributed by atoms with Gasteiger partial charge in [0.15, 0.2) is 11.5 Å². The number of anilines is 1. The number of amides is 1. The maximum absolute atomic E-state index is 12.8. The predicted molar refractivity (Wildman–Crippen MR) is 115 cm³/mol. The van der Waals surface area contributed by atoms with E-state index in [-0.39, 0.29) is 12.4 Å². The highest BCUT2D eigenvalue weighted by Gasteiger charge is 2.30. The summed E-state index contributed by atoms with van der Waals surface area (Å²) in [6, 6.07) is 11.2. The van der Waals surface area contributed by atoms with Gasteiger partial charge < -0.3 is 14.8 Å². The first-order valence-electron chi connectivity index (χ1n) is 9.69. The molecule has 1 aliphatic rings. The van der Waals surface area contributed by atoms with Crippen LogP contribution in [0.1, 0.15) is 21.6 Å². The summed E-state index contributed by atoms with van der Waals surface area (Å²) in [6.45, 7) is 1.94. The van der Waals surface area contributed by atoms with E-state index in [2.05, 4.69) is 15.4 Å². The average molecular weight is 472 g/mol. The number of thiazole rings is 1. The lowest BCUT2D eigenvalue weighted by Gasteiger charge is -2.09. The number of alkyl halides is 3. The van der Waals surface area contributed by atoms with Crippen LogP contribution in [0.4, 0.5) is 19.0 Å². The molecule has 4 aromatic rings. The van der Waals surface area contributed by atoms with E-state index < -0.39 is 17.6 Å². The zero-order valence-corrected chi connectivity index (χ0v) is 17.8. The molecule has 1 amide bonds. The van der Waals surface area contributed by atoms with Gasteiger partial charge >= 0.3 is 6.18 Å². The van der Waals surface area contributed by atoms with Crippen LogP contribution in [0.3, 0.4) is 0 Å². The van der Waals surface area contributed by atoms with E-state index in [0.717, 1.165) is 29.8 Å². The number of hydrogen-bond donors (Lipinski definition) is 1. The monoisotopic (exact) mass is 472 g/mol. The smallest absolute Gasteiger partial charge is 0.416 e. The van der Waals surface area contributed by atoms with Crippen molar-refractivity contribution in [3.63, 3.8) is 0 Å². The fourth-order valence-electron chi connectivity index (χ4n) is 3.28. The van der Waals surface area contributed by atoms with Crippen LogP contribution in [0.5, 0.6) is 11.5 Å². The van der Waals surface area contributed by atoms with Gasteiger partial charge in [-0.15, -0.1) is 11.3 Å². The lowest BCUT2D eigenvalue weighted by atomic mass is 10.1. The maximum atomic E-state index is 12.8. The second-order valence-corrected chi connectivity index (χ2v) is 8.03. The minimum absolute atomic E-state index is 0.0913. The summed E-state index contributed by atoms with van der Waals surface area (Å²) in [5.74, 6) is 1.10. The summed E-state index contributed by atoms with van der Waals surface area (Å²) in [7, 11) is 0. The van der Waals surface area contributed by atoms with Gasteiger partial charge in [-0.05, 0) is 49.4 Å². The second-order valence-electron chi connectivity index (χ2n) is 7.20. The molecule has 1 N–H and O–H groups in total. The number of halogens is 3. The van der Waals surface area contributed by atoms with Crippen molar-refractivity contribution in [2.24, 2.45) is 0 Å². The molecule has 0 bridgehead atoms. The van der Waals surface area contributed by atoms with Crippen molar-refractivity contribution in [3.8, 4) is 27.9 Å². The molecule has 5 rings (SSSR count). The van der Waals surface area contributed by atoms with Gasteiger partial charge in [0.25, 0.3) is 5.91 Å². The Morgan fingerprint density at radius 2 is 1.85 bits per heavy atom. The molecule has 2 aromatic heterocycles. The normalized spacial score (nSPS) is 12.7. The van der Waals surface area contributed by atoms with Crippen LogP contribution in [0.2, 0.25) is 0 Å². The van der Waals surface area contributed by atoms with E-state index in [1.807, 2.05) is 23.6 Å². The Hall–Kier alpha value is -3.86. The van der Waals surface area contributed by atoms with Crippen LogP contribution in [0, 0.1) is 6.92 Å². The van der Waals surface area contributed by atoms with Crippen molar-refractivity contribution in [1.82, 2.24) is 14.8 Å². The zero-order valence-electron chi connectivity index (χ0n) is 17.0. The number of hydrogen-bond acceptors (Lipinski definition) is 6. The van der Waals surface area contributed by atoms with E-state index in [1.54, 1.807) is 13.0 Å². The Kier molecular flexibility index (Phi) is 5.05. The molecule has 0 atom stereocenters. The van der Waals surface area contributed by atoms with Gasteiger partial charge in [-0.25, -0.2) is 4.98 Å². The fourth-order valence-corrected chi connectivity index (χ4v) is 4.08. The Balaban J connectivity index is 1.39. The molecule has 7 nitrogen and oxygen atoms in total. The SMILES string of the molecule is Cc1cc(NC(=O)c2ccc(C(F)(F)F)cc2)n(-c2nc(-c3ccc4c(c3)OCO4)cs2)n1. The first kappa shape index (κ1) is 21.0. The third-order valence-electron chi connectivity index (χ3n) is 4.89. The molecule has 33 heavy (non-hydrogen) atoms. The zero-order chi connectivity index (χ0) is 23.2. The number of ether oxygens (including phenoxy) is 2. The molecule has 168 valence electrons. The molecule has 0 saturated heterocycles. The number of carbonyl (C=O) groups is 1. The van der Waals surface area contributed by atoms with Gasteiger partial charge in [-0.3, -0.25) is 4.79 Å². The standard InChI is InChI=1S/C22H15F3N4O3S/c1-12-8-19(27-20(30)13-2-5-15(6-3-13)22(23,24)25)29(28-12)21-26-16(10-33-21)14-4-7-17-18(9-14)32-11-31-17/h2-10H,11H2,1H3,(H,27,30). The minimum Gasteiger partial charge on any atom is -0.454 e. The molecule has 0 unspecified atom stereocenters. The van der Waals surface area contributed by atoms with Crippen LogP contribution >= 0.6 is 11.3 Å². The van der Waals surface area contributed by atoms with E-state index in [1.165, 1.54) is 16.0 Å². The van der Waals surface area contributed by atoms with Crippen molar-refractivity contribution < 1.29 is 27.4 Å². The number of nitrogens with zero attached hydrogens (tertiary/aromatic N) is 3. The van der Waals surface area contributed by atoms with Gasteiger partial charge in [0.05, 0.1) is 17.0 Å². The van der Waals surface area contributed by atoms with Crippen LogP contribution in [0.25, 0.3) is 16.4 Å². The summed E-state index contributed by atoms with van der Waals surface area (Å²) in [6.07, 6.45) is -4.47. The third-order valence-corrected chi connectivity index (χ3v) is 5.71. The molecular weight excluding hydrogens is 457 g/mol. The van der Waals surface area contributed by atoms with Crippen molar-refractivity contribution in [1.29, 1.82) is 0 Å². The maximum Gasteiger partial charge on any atom is 0.416 e. The van der Waals surface area contributed by atoms with E-state index in [4.69, 9.17) is 9.47 Å². The number of rotatable bonds is 4. The molecule has 1 aliphatic heterocycles. The van der Waals surface area contributed by atoms with Gasteiger partial charge in [-0.1, -0.05) is 0 Å². The lowest BCUT2D eigenvalue weighted by Crippen LogP contribution is -2.15. The van der Waals surface area contributed by atoms with Gasteiger partial charge in [0.1, 0.15) is 5.82 Å². The quantitative estimate of drug-likeness (QED) is 0.436. The third kappa shape index (κ3) is 4.14. The summed E-state index contributed by atoms with van der Waals surface area (Å²) in [4.78, 5) is 17.2. The highest BCUT2D eigenvalue weighted by molar-refractivity contribution is 7.12. The highest BCUT2D eigenvalue weighted by Crippen LogP contribution is 2.36. The summed E-state index contributed by atoms with van der Waals surface area (Å²) in [5.41, 5.74) is 1.44. The molecule has 0 radical (unpaired) electrons. The first-order chi connectivity index (χ1) is 15.8. The Morgan fingerprint density at radius 3 is 2.61 bits per heavy atom. The number of carbonyl (C=O) groups excluding carboxylic acids is 1. The molecule has 0 fully saturated rings. The molecule has 3 heterocycles. The average Bonchev–Trinajstić information content (AvgIpc) is 3.52. The molecule has 0 aliphatic carbocycles. The number of aryl methyl sites for hydroxylation is 1. The molecule has 0 saturated carbocycles. The number of benzene rings is 2. The van der Waals surface area contributed by atoms with Crippen molar-refractivity contribution in [2.45, 2.75) is 13.1 Å². The van der Waals surface area contributed by atoms with E-state index >= 15 is 0 Å². The largest absolute Gasteiger partial charge is 0.454 e. The number of aromatic nitrogens is 3. The molecular formula is C22H15F3N4O3S. The minimum atomic E-state index is -4.47. The number of nitrogens with one attached hydrogen (secondary N) is 1. The van der Waals surface area contributed by atoms with E-state index in [0.29, 0.717) is 33.8 Å². The van der Waals surface area contributed by atoms with Crippen LogP contribution in [-0.4, -0.2) is 27.5 Å². The van der Waals surface area contributed by atoms with Crippen molar-refractivity contribution in [2.75, 3.05) is 12.1 Å². The van der Waals surface area contributed by atoms with Crippen LogP contribution in [-0.2, 0) is 6.18 Å². The Labute approximate surface area is 189 Å². The number of fused-ring (bicyclic) bond motifs is 1. The topological polar surface area (TPSA) is 78.3 Å². The molecule has 2 aromatic carbocycles. The Morgan fingerprint density at radius 1 is 1.09 bits per heavy atom. The second kappa shape index (κ2) is 7.93. The molecule has 11 heteroatoms. The van der Waals surface area contributed by atoms with Gasteiger partial charge in [0, 0.05) is 22.6 Å². The van der Waals surface area contributed by atoms with Crippen molar-refractivity contribution >= 4 is 23.1 Å². The first-order valence-corrected chi connectivity index (χ1v) is 10.6. The summed E-state index contributed by atoms with van der Waals surface area (Å²) < 4.78 is 50.5. The van der Waals surface area contributed by atoms with E-state index in [9.17, 15) is 18.0 Å². The van der Waals surface area contributed by atoms with Crippen LogP contribution < -0.4 is 14.8 Å². The lowest BCUT2D eigenvalue weighted by molar-refractivity contribution is -0.137.